The first-order valence-electron chi connectivity index (χ1n) is 7.51. The zero-order chi connectivity index (χ0) is 17.3. The van der Waals surface area contributed by atoms with Gasteiger partial charge in [0.05, 0.1) is 7.11 Å². The standard InChI is InChI=1S/C17H22FNO4/c1-16(2,3)23-15(21)19-10-9-17(19,14(20)22-4)11-12-5-7-13(18)8-6-12/h5-8H,9-11H2,1-4H3. The monoisotopic (exact) mass is 323 g/mol. The molecule has 1 aliphatic rings. The average Bonchev–Trinajstić information content (AvgIpc) is 2.42. The first-order valence-corrected chi connectivity index (χ1v) is 7.51. The maximum atomic E-state index is 13.1. The number of amides is 1. The van der Waals surface area contributed by atoms with E-state index in [0.29, 0.717) is 13.0 Å². The van der Waals surface area contributed by atoms with Gasteiger partial charge in [-0.25, -0.2) is 14.0 Å². The lowest BCUT2D eigenvalue weighted by atomic mass is 9.79. The van der Waals surface area contributed by atoms with Crippen molar-refractivity contribution in [3.05, 3.63) is 35.6 Å². The fraction of sp³-hybridized carbons (Fsp3) is 0.529. The summed E-state index contributed by atoms with van der Waals surface area (Å²) in [4.78, 5) is 26.1. The van der Waals surface area contributed by atoms with Crippen molar-refractivity contribution in [3.8, 4) is 0 Å². The van der Waals surface area contributed by atoms with E-state index in [9.17, 15) is 14.0 Å². The fourth-order valence-corrected chi connectivity index (χ4v) is 2.67. The van der Waals surface area contributed by atoms with Crippen LogP contribution in [-0.2, 0) is 20.7 Å². The molecule has 1 amide bonds. The van der Waals surface area contributed by atoms with E-state index in [4.69, 9.17) is 9.47 Å². The summed E-state index contributed by atoms with van der Waals surface area (Å²) < 4.78 is 23.3. The number of likely N-dealkylation sites (tertiary alicyclic amines) is 1. The third kappa shape index (κ3) is 3.63. The van der Waals surface area contributed by atoms with Crippen LogP contribution in [0.25, 0.3) is 0 Å². The number of halogens is 1. The third-order valence-corrected chi connectivity index (χ3v) is 3.85. The van der Waals surface area contributed by atoms with Gasteiger partial charge in [-0.2, -0.15) is 0 Å². The van der Waals surface area contributed by atoms with Gasteiger partial charge in [0.2, 0.25) is 0 Å². The molecule has 6 heteroatoms. The molecule has 5 nitrogen and oxygen atoms in total. The van der Waals surface area contributed by atoms with E-state index in [1.165, 1.54) is 24.1 Å². The molecular weight excluding hydrogens is 301 g/mol. The van der Waals surface area contributed by atoms with Crippen LogP contribution in [0.5, 0.6) is 0 Å². The lowest BCUT2D eigenvalue weighted by Gasteiger charge is -2.50. The molecule has 0 radical (unpaired) electrons. The highest BCUT2D eigenvalue weighted by molar-refractivity contribution is 5.88. The van der Waals surface area contributed by atoms with Crippen molar-refractivity contribution in [2.45, 2.75) is 44.8 Å². The van der Waals surface area contributed by atoms with Crippen LogP contribution >= 0.6 is 0 Å². The van der Waals surface area contributed by atoms with E-state index in [0.717, 1.165) is 5.56 Å². The number of esters is 1. The number of benzene rings is 1. The maximum Gasteiger partial charge on any atom is 0.411 e. The molecule has 1 aromatic carbocycles. The molecule has 1 fully saturated rings. The van der Waals surface area contributed by atoms with Crippen LogP contribution < -0.4 is 0 Å². The highest BCUT2D eigenvalue weighted by Crippen LogP contribution is 2.36. The second-order valence-electron chi connectivity index (χ2n) is 6.71. The molecular formula is C17H22FNO4. The SMILES string of the molecule is COC(=O)C1(Cc2ccc(F)cc2)CCN1C(=O)OC(C)(C)C. The first-order chi connectivity index (χ1) is 10.7. The fourth-order valence-electron chi connectivity index (χ4n) is 2.67. The Labute approximate surface area is 135 Å². The molecule has 1 saturated heterocycles. The van der Waals surface area contributed by atoms with E-state index in [1.807, 2.05) is 0 Å². The Kier molecular flexibility index (Phi) is 4.63. The van der Waals surface area contributed by atoms with Gasteiger partial charge in [-0.15, -0.1) is 0 Å². The van der Waals surface area contributed by atoms with Gasteiger partial charge in [0.15, 0.2) is 0 Å². The molecule has 0 N–H and O–H groups in total. The smallest absolute Gasteiger partial charge is 0.411 e. The minimum atomic E-state index is -1.09. The lowest BCUT2D eigenvalue weighted by molar-refractivity contribution is -0.163. The molecule has 1 aliphatic heterocycles. The summed E-state index contributed by atoms with van der Waals surface area (Å²) in [5.74, 6) is -0.836. The van der Waals surface area contributed by atoms with E-state index in [1.54, 1.807) is 32.9 Å². The molecule has 0 saturated carbocycles. The predicted octanol–water partition coefficient (Wildman–Crippen LogP) is 2.92. The van der Waals surface area contributed by atoms with E-state index in [2.05, 4.69) is 0 Å². The summed E-state index contributed by atoms with van der Waals surface area (Å²) in [6, 6.07) is 5.87. The second-order valence-corrected chi connectivity index (χ2v) is 6.71. The van der Waals surface area contributed by atoms with Gasteiger partial charge in [0, 0.05) is 13.0 Å². The minimum Gasteiger partial charge on any atom is -0.467 e. The van der Waals surface area contributed by atoms with Gasteiger partial charge in [0.25, 0.3) is 0 Å². The van der Waals surface area contributed by atoms with Crippen molar-refractivity contribution in [1.82, 2.24) is 4.90 Å². The molecule has 23 heavy (non-hydrogen) atoms. The highest BCUT2D eigenvalue weighted by Gasteiger charge is 2.55. The number of carbonyl (C=O) groups excluding carboxylic acids is 2. The van der Waals surface area contributed by atoms with Crippen LogP contribution in [0.2, 0.25) is 0 Å². The second kappa shape index (κ2) is 6.18. The van der Waals surface area contributed by atoms with Crippen molar-refractivity contribution < 1.29 is 23.5 Å². The molecule has 0 aromatic heterocycles. The summed E-state index contributed by atoms with van der Waals surface area (Å²) >= 11 is 0. The Bertz CT molecular complexity index is 594. The van der Waals surface area contributed by atoms with Crippen molar-refractivity contribution in [3.63, 3.8) is 0 Å². The van der Waals surface area contributed by atoms with Crippen molar-refractivity contribution >= 4 is 12.1 Å². The maximum absolute atomic E-state index is 13.1. The summed E-state index contributed by atoms with van der Waals surface area (Å²) in [6.45, 7) is 5.73. The van der Waals surface area contributed by atoms with E-state index in [-0.39, 0.29) is 12.2 Å². The molecule has 126 valence electrons. The van der Waals surface area contributed by atoms with Crippen molar-refractivity contribution in [2.75, 3.05) is 13.7 Å². The third-order valence-electron chi connectivity index (χ3n) is 3.85. The van der Waals surface area contributed by atoms with Crippen LogP contribution in [0.1, 0.15) is 32.8 Å². The van der Waals surface area contributed by atoms with E-state index < -0.39 is 23.2 Å². The van der Waals surface area contributed by atoms with Gasteiger partial charge in [0.1, 0.15) is 17.0 Å². The summed E-state index contributed by atoms with van der Waals surface area (Å²) in [6.07, 6.45) is 0.200. The van der Waals surface area contributed by atoms with Crippen molar-refractivity contribution in [2.24, 2.45) is 0 Å². The highest BCUT2D eigenvalue weighted by atomic mass is 19.1. The number of nitrogens with zero attached hydrogens (tertiary/aromatic N) is 1. The van der Waals surface area contributed by atoms with Crippen LogP contribution in [0, 0.1) is 5.82 Å². The van der Waals surface area contributed by atoms with Crippen LogP contribution in [0.15, 0.2) is 24.3 Å². The first kappa shape index (κ1) is 17.2. The van der Waals surface area contributed by atoms with Crippen LogP contribution in [0.4, 0.5) is 9.18 Å². The normalized spacial score (nSPS) is 20.7. The van der Waals surface area contributed by atoms with Crippen LogP contribution in [-0.4, -0.2) is 41.8 Å². The predicted molar refractivity (Wildman–Crippen MR) is 82.4 cm³/mol. The molecule has 1 aromatic rings. The van der Waals surface area contributed by atoms with Gasteiger partial charge in [-0.3, -0.25) is 4.90 Å². The average molecular weight is 323 g/mol. The quantitative estimate of drug-likeness (QED) is 0.803. The summed E-state index contributed by atoms with van der Waals surface area (Å²) in [7, 11) is 1.29. The van der Waals surface area contributed by atoms with Gasteiger partial charge < -0.3 is 9.47 Å². The number of hydrogen-bond donors (Lipinski definition) is 0. The van der Waals surface area contributed by atoms with Gasteiger partial charge >= 0.3 is 12.1 Å². The largest absolute Gasteiger partial charge is 0.467 e. The number of rotatable bonds is 3. The molecule has 0 spiro atoms. The topological polar surface area (TPSA) is 55.8 Å². The molecule has 0 aliphatic carbocycles. The summed E-state index contributed by atoms with van der Waals surface area (Å²) in [5, 5.41) is 0. The van der Waals surface area contributed by atoms with Gasteiger partial charge in [-0.05, 0) is 44.9 Å². The Morgan fingerprint density at radius 1 is 1.26 bits per heavy atom. The van der Waals surface area contributed by atoms with Crippen molar-refractivity contribution in [1.29, 1.82) is 0 Å². The zero-order valence-corrected chi connectivity index (χ0v) is 13.9. The lowest BCUT2D eigenvalue weighted by Crippen LogP contribution is -2.68. The molecule has 1 atom stereocenters. The van der Waals surface area contributed by atoms with Crippen LogP contribution in [0.3, 0.4) is 0 Å². The Hall–Kier alpha value is -2.11. The number of carbonyl (C=O) groups is 2. The number of ether oxygens (including phenoxy) is 2. The minimum absolute atomic E-state index is 0.263. The Balaban J connectivity index is 2.24. The Morgan fingerprint density at radius 2 is 1.87 bits per heavy atom. The molecule has 1 unspecified atom stereocenters. The number of methoxy groups -OCH3 is 1. The van der Waals surface area contributed by atoms with E-state index >= 15 is 0 Å². The van der Waals surface area contributed by atoms with Gasteiger partial charge in [-0.1, -0.05) is 12.1 Å². The summed E-state index contributed by atoms with van der Waals surface area (Å²) in [5.41, 5.74) is -0.982. The number of hydrogen-bond acceptors (Lipinski definition) is 4. The molecule has 1 heterocycles. The molecule has 0 bridgehead atoms. The zero-order valence-electron chi connectivity index (χ0n) is 13.9. The molecule has 2 rings (SSSR count). The Morgan fingerprint density at radius 3 is 2.30 bits per heavy atom.